The van der Waals surface area contributed by atoms with Crippen LogP contribution in [0.3, 0.4) is 0 Å². The molecule has 2 aromatic carbocycles. The molecule has 0 fully saturated rings. The number of amides is 1. The minimum Gasteiger partial charge on any atom is -0.440 e. The van der Waals surface area contributed by atoms with Gasteiger partial charge in [-0.2, -0.15) is 5.26 Å². The van der Waals surface area contributed by atoms with Gasteiger partial charge in [0.25, 0.3) is 5.56 Å². The summed E-state index contributed by atoms with van der Waals surface area (Å²) in [6.07, 6.45) is 0. The third-order valence-corrected chi connectivity index (χ3v) is 6.09. The smallest absolute Gasteiger partial charge is 0.256 e. The van der Waals surface area contributed by atoms with Crippen molar-refractivity contribution >= 4 is 11.6 Å². The van der Waals surface area contributed by atoms with Crippen LogP contribution in [0.25, 0.3) is 0 Å². The summed E-state index contributed by atoms with van der Waals surface area (Å²) in [5, 5.41) is 10.1. The van der Waals surface area contributed by atoms with Crippen LogP contribution in [0.5, 0.6) is 5.75 Å². The van der Waals surface area contributed by atoms with Crippen LogP contribution in [-0.2, 0) is 16.8 Å². The highest BCUT2D eigenvalue weighted by Crippen LogP contribution is 2.54. The number of benzene rings is 2. The molecule has 1 spiro atoms. The first-order valence-corrected chi connectivity index (χ1v) is 10.2. The van der Waals surface area contributed by atoms with Crippen LogP contribution >= 0.6 is 0 Å². The molecule has 5 rings (SSSR count). The number of rotatable bonds is 2. The topological polar surface area (TPSA) is 112 Å². The average molecular weight is 424 g/mol. The van der Waals surface area contributed by atoms with Gasteiger partial charge in [-0.3, -0.25) is 9.59 Å². The molecule has 3 aromatic rings. The number of aromatic nitrogens is 1. The number of nitrogens with two attached hydrogens (primary N) is 1. The third kappa shape index (κ3) is 2.53. The van der Waals surface area contributed by atoms with Crippen LogP contribution in [0.15, 0.2) is 70.8 Å². The van der Waals surface area contributed by atoms with Crippen LogP contribution < -0.4 is 20.9 Å². The molecule has 0 radical (unpaired) electrons. The van der Waals surface area contributed by atoms with Gasteiger partial charge in [-0.05, 0) is 25.5 Å². The van der Waals surface area contributed by atoms with Gasteiger partial charge in [-0.15, -0.1) is 0 Å². The maximum atomic E-state index is 14.2. The van der Waals surface area contributed by atoms with Crippen molar-refractivity contribution in [2.45, 2.75) is 25.8 Å². The summed E-state index contributed by atoms with van der Waals surface area (Å²) in [6, 6.07) is 18.8. The number of nitrogens with one attached hydrogen (secondary N) is 1. The monoisotopic (exact) mass is 424 g/mol. The lowest BCUT2D eigenvalue weighted by molar-refractivity contribution is -0.121. The summed E-state index contributed by atoms with van der Waals surface area (Å²) in [5.41, 5.74) is 7.76. The van der Waals surface area contributed by atoms with Gasteiger partial charge in [0.2, 0.25) is 11.8 Å². The molecule has 7 nitrogen and oxygen atoms in total. The summed E-state index contributed by atoms with van der Waals surface area (Å²) in [7, 11) is 0. The number of nitrogens with zero attached hydrogens (tertiary/aromatic N) is 2. The van der Waals surface area contributed by atoms with Crippen molar-refractivity contribution in [2.75, 3.05) is 4.90 Å². The van der Waals surface area contributed by atoms with Crippen molar-refractivity contribution in [3.05, 3.63) is 104 Å². The second kappa shape index (κ2) is 6.86. The van der Waals surface area contributed by atoms with Gasteiger partial charge in [-0.1, -0.05) is 48.0 Å². The molecule has 1 atom stereocenters. The lowest BCUT2D eigenvalue weighted by Gasteiger charge is -2.33. The van der Waals surface area contributed by atoms with E-state index < -0.39 is 16.9 Å². The van der Waals surface area contributed by atoms with Crippen LogP contribution in [0.2, 0.25) is 0 Å². The molecule has 2 aliphatic rings. The molecule has 0 bridgehead atoms. The number of nitriles is 1. The van der Waals surface area contributed by atoms with E-state index in [0.717, 1.165) is 11.1 Å². The molecule has 32 heavy (non-hydrogen) atoms. The molecule has 1 unspecified atom stereocenters. The Labute approximate surface area is 184 Å². The van der Waals surface area contributed by atoms with Gasteiger partial charge < -0.3 is 20.4 Å². The van der Waals surface area contributed by atoms with E-state index >= 15 is 0 Å². The Morgan fingerprint density at radius 1 is 1.12 bits per heavy atom. The summed E-state index contributed by atoms with van der Waals surface area (Å²) >= 11 is 0. The highest BCUT2D eigenvalue weighted by Gasteiger charge is 2.60. The Bertz CT molecular complexity index is 1410. The van der Waals surface area contributed by atoms with E-state index in [1.165, 1.54) is 0 Å². The molecule has 1 aromatic heterocycles. The van der Waals surface area contributed by atoms with Gasteiger partial charge in [0.15, 0.2) is 5.41 Å². The fourth-order valence-corrected chi connectivity index (χ4v) is 4.68. The molecular weight excluding hydrogens is 404 g/mol. The number of hydrogen-bond acceptors (Lipinski definition) is 5. The van der Waals surface area contributed by atoms with Crippen molar-refractivity contribution < 1.29 is 9.53 Å². The van der Waals surface area contributed by atoms with Crippen LogP contribution in [0.1, 0.15) is 27.9 Å². The number of hydrogen-bond donors (Lipinski definition) is 2. The standard InChI is InChI=1S/C25H20N4O3/c1-14-7-9-16(10-8-14)13-29-19-6-4-3-5-17(19)25(24(29)31)18(12-26)22(27)32-20-11-15(2)28-23(30)21(20)25/h3-11H,13,27H2,1-2H3,(H,28,30). The first-order valence-electron chi connectivity index (χ1n) is 10.2. The van der Waals surface area contributed by atoms with E-state index in [4.69, 9.17) is 10.5 Å². The molecule has 1 amide bonds. The molecule has 3 N–H and O–H groups in total. The number of H-pyrrole nitrogens is 1. The zero-order chi connectivity index (χ0) is 22.6. The molecule has 0 saturated carbocycles. The summed E-state index contributed by atoms with van der Waals surface area (Å²) in [5.74, 6) is -0.397. The lowest BCUT2D eigenvalue weighted by Crippen LogP contribution is -2.48. The number of para-hydroxylation sites is 1. The van der Waals surface area contributed by atoms with Crippen molar-refractivity contribution in [1.29, 1.82) is 5.26 Å². The summed E-state index contributed by atoms with van der Waals surface area (Å²) < 4.78 is 5.66. The van der Waals surface area contributed by atoms with Crippen LogP contribution in [0, 0.1) is 25.2 Å². The van der Waals surface area contributed by atoms with Crippen LogP contribution in [0.4, 0.5) is 5.69 Å². The highest BCUT2D eigenvalue weighted by molar-refractivity contribution is 6.14. The number of aromatic amines is 1. The predicted octanol–water partition coefficient (Wildman–Crippen LogP) is 2.91. The minimum atomic E-state index is -1.67. The molecular formula is C25H20N4O3. The Morgan fingerprint density at radius 3 is 2.56 bits per heavy atom. The predicted molar refractivity (Wildman–Crippen MR) is 119 cm³/mol. The zero-order valence-electron chi connectivity index (χ0n) is 17.6. The Hall–Kier alpha value is -4.31. The Morgan fingerprint density at radius 2 is 1.84 bits per heavy atom. The van der Waals surface area contributed by atoms with Gasteiger partial charge in [0.1, 0.15) is 17.4 Å². The van der Waals surface area contributed by atoms with Crippen molar-refractivity contribution in [3.8, 4) is 11.8 Å². The maximum Gasteiger partial charge on any atom is 0.256 e. The lowest BCUT2D eigenvalue weighted by atomic mass is 9.69. The van der Waals surface area contributed by atoms with Gasteiger partial charge in [0, 0.05) is 23.0 Å². The van der Waals surface area contributed by atoms with E-state index in [9.17, 15) is 14.9 Å². The molecule has 158 valence electrons. The average Bonchev–Trinajstić information content (AvgIpc) is 2.98. The SMILES string of the molecule is Cc1ccc(CN2C(=O)C3(C(C#N)=C(N)Oc4cc(C)[nH]c(=O)c43)c3ccccc32)cc1. The normalized spacial score (nSPS) is 18.9. The van der Waals surface area contributed by atoms with Gasteiger partial charge in [-0.25, -0.2) is 0 Å². The van der Waals surface area contributed by atoms with E-state index in [0.29, 0.717) is 16.9 Å². The maximum absolute atomic E-state index is 14.2. The highest BCUT2D eigenvalue weighted by atomic mass is 16.5. The Balaban J connectivity index is 1.81. The van der Waals surface area contributed by atoms with E-state index in [1.807, 2.05) is 43.3 Å². The second-order valence-electron chi connectivity index (χ2n) is 8.12. The van der Waals surface area contributed by atoms with E-state index in [-0.39, 0.29) is 29.3 Å². The number of fused-ring (bicyclic) bond motifs is 4. The van der Waals surface area contributed by atoms with E-state index in [1.54, 1.807) is 30.0 Å². The number of ether oxygens (including phenoxy) is 1. The largest absolute Gasteiger partial charge is 0.440 e. The summed E-state index contributed by atoms with van der Waals surface area (Å²) in [6.45, 7) is 4.00. The first kappa shape index (κ1) is 19.6. The van der Waals surface area contributed by atoms with E-state index in [2.05, 4.69) is 11.1 Å². The quantitative estimate of drug-likeness (QED) is 0.657. The molecule has 0 saturated heterocycles. The fourth-order valence-electron chi connectivity index (χ4n) is 4.68. The number of carbonyl (C=O) groups excluding carboxylic acids is 1. The van der Waals surface area contributed by atoms with Crippen LogP contribution in [-0.4, -0.2) is 10.9 Å². The van der Waals surface area contributed by atoms with Crippen molar-refractivity contribution in [1.82, 2.24) is 4.98 Å². The molecule has 7 heteroatoms. The van der Waals surface area contributed by atoms with Gasteiger partial charge >= 0.3 is 0 Å². The minimum absolute atomic E-state index is 0.0804. The number of anilines is 1. The van der Waals surface area contributed by atoms with Gasteiger partial charge in [0.05, 0.1) is 12.1 Å². The number of aryl methyl sites for hydroxylation is 2. The zero-order valence-corrected chi connectivity index (χ0v) is 17.6. The third-order valence-electron chi connectivity index (χ3n) is 6.09. The van der Waals surface area contributed by atoms with Crippen molar-refractivity contribution in [2.24, 2.45) is 5.73 Å². The Kier molecular flexibility index (Phi) is 4.21. The molecule has 0 aliphatic carbocycles. The number of carbonyl (C=O) groups is 1. The molecule has 2 aliphatic heterocycles. The van der Waals surface area contributed by atoms with Crippen molar-refractivity contribution in [3.63, 3.8) is 0 Å². The first-order chi connectivity index (χ1) is 15.4. The fraction of sp³-hybridized carbons (Fsp3) is 0.160. The second-order valence-corrected chi connectivity index (χ2v) is 8.12. The molecule has 3 heterocycles. The number of pyridine rings is 1. The summed E-state index contributed by atoms with van der Waals surface area (Å²) in [4.78, 5) is 31.8.